The first-order valence-corrected chi connectivity index (χ1v) is 10.8. The first-order valence-electron chi connectivity index (χ1n) is 10.0. The first-order chi connectivity index (χ1) is 15.4. The molecule has 1 saturated carbocycles. The van der Waals surface area contributed by atoms with Crippen LogP contribution < -0.4 is 9.47 Å². The summed E-state index contributed by atoms with van der Waals surface area (Å²) < 4.78 is 12.7. The second-order valence-corrected chi connectivity index (χ2v) is 8.94. The van der Waals surface area contributed by atoms with Crippen molar-refractivity contribution in [2.75, 3.05) is 7.11 Å². The van der Waals surface area contributed by atoms with E-state index >= 15 is 0 Å². The van der Waals surface area contributed by atoms with Gasteiger partial charge in [0.25, 0.3) is 0 Å². The minimum atomic E-state index is -2.12. The molecule has 32 heavy (non-hydrogen) atoms. The predicted molar refractivity (Wildman–Crippen MR) is 117 cm³/mol. The number of fused-ring (bicyclic) bond motifs is 3. The van der Waals surface area contributed by atoms with Gasteiger partial charge in [0.15, 0.2) is 11.2 Å². The van der Waals surface area contributed by atoms with E-state index in [2.05, 4.69) is 20.9 Å². The zero-order chi connectivity index (χ0) is 22.7. The molecule has 5 atom stereocenters. The highest BCUT2D eigenvalue weighted by Crippen LogP contribution is 2.69. The van der Waals surface area contributed by atoms with Gasteiger partial charge >= 0.3 is 5.97 Å². The van der Waals surface area contributed by atoms with Crippen LogP contribution in [0.2, 0.25) is 0 Å². The number of carboxylic acids is 1. The highest BCUT2D eigenvalue weighted by atomic mass is 79.9. The van der Waals surface area contributed by atoms with Gasteiger partial charge < -0.3 is 24.8 Å². The second-order valence-electron chi connectivity index (χ2n) is 8.02. The van der Waals surface area contributed by atoms with Crippen LogP contribution in [0.15, 0.2) is 71.5 Å². The number of hydrogen-bond donors (Lipinski definition) is 3. The number of pyridine rings is 1. The Hall–Kier alpha value is -2.94. The van der Waals surface area contributed by atoms with Gasteiger partial charge in [0.2, 0.25) is 0 Å². The lowest BCUT2D eigenvalue weighted by Gasteiger charge is -2.40. The van der Waals surface area contributed by atoms with Crippen molar-refractivity contribution in [3.8, 4) is 11.5 Å². The Balaban J connectivity index is 1.89. The van der Waals surface area contributed by atoms with Gasteiger partial charge in [-0.25, -0.2) is 0 Å². The van der Waals surface area contributed by atoms with Crippen molar-refractivity contribution < 1.29 is 29.6 Å². The van der Waals surface area contributed by atoms with Crippen molar-refractivity contribution in [3.63, 3.8) is 0 Å². The van der Waals surface area contributed by atoms with Crippen LogP contribution in [0.3, 0.4) is 0 Å². The maximum absolute atomic E-state index is 12.5. The quantitative estimate of drug-likeness (QED) is 0.507. The average Bonchev–Trinajstić information content (AvgIpc) is 3.18. The summed E-state index contributed by atoms with van der Waals surface area (Å²) in [6.45, 7) is 0. The zero-order valence-electron chi connectivity index (χ0n) is 17.0. The van der Waals surface area contributed by atoms with Crippen LogP contribution in [0.4, 0.5) is 0 Å². The number of hydrogen-bond acceptors (Lipinski definition) is 6. The van der Waals surface area contributed by atoms with Crippen LogP contribution in [0.1, 0.15) is 22.6 Å². The van der Waals surface area contributed by atoms with Gasteiger partial charge in [0.1, 0.15) is 17.6 Å². The van der Waals surface area contributed by atoms with Crippen molar-refractivity contribution in [1.29, 1.82) is 0 Å². The lowest BCUT2D eigenvalue weighted by atomic mass is 9.70. The fourth-order valence-corrected chi connectivity index (χ4v) is 5.63. The van der Waals surface area contributed by atoms with E-state index in [9.17, 15) is 20.1 Å². The van der Waals surface area contributed by atoms with E-state index in [-0.39, 0.29) is 17.1 Å². The Bertz CT molecular complexity index is 1190. The molecule has 0 saturated heterocycles. The number of aliphatic hydroxyl groups is 2. The molecule has 1 aliphatic heterocycles. The number of carboxylic acid groups (broad SMARTS) is 1. The highest BCUT2D eigenvalue weighted by molar-refractivity contribution is 9.10. The molecular formula is C24H20BrNO6. The lowest BCUT2D eigenvalue weighted by Crippen LogP contribution is -2.52. The number of carbonyl (C=O) groups is 1. The number of aliphatic hydroxyl groups excluding tert-OH is 1. The second kappa shape index (κ2) is 7.30. The summed E-state index contributed by atoms with van der Waals surface area (Å²) in [4.78, 5) is 16.6. The Morgan fingerprint density at radius 2 is 1.81 bits per heavy atom. The number of benzene rings is 2. The number of rotatable bonds is 4. The summed E-state index contributed by atoms with van der Waals surface area (Å²) >= 11 is 3.42. The van der Waals surface area contributed by atoms with E-state index in [0.717, 1.165) is 4.47 Å². The Labute approximate surface area is 192 Å². The molecule has 1 aliphatic carbocycles. The monoisotopic (exact) mass is 497 g/mol. The van der Waals surface area contributed by atoms with Crippen LogP contribution in [-0.4, -0.2) is 39.5 Å². The minimum absolute atomic E-state index is 0.190. The highest BCUT2D eigenvalue weighted by Gasteiger charge is 2.78. The normalized spacial score (nSPS) is 30.3. The summed E-state index contributed by atoms with van der Waals surface area (Å²) in [6, 6.07) is 16.0. The molecule has 5 rings (SSSR count). The smallest absolute Gasteiger partial charge is 0.310 e. The molecule has 0 amide bonds. The Kier molecular flexibility index (Phi) is 4.77. The van der Waals surface area contributed by atoms with E-state index in [1.165, 1.54) is 19.5 Å². The molecule has 0 spiro atoms. The molecule has 2 aromatic carbocycles. The molecule has 2 heterocycles. The van der Waals surface area contributed by atoms with Gasteiger partial charge in [0, 0.05) is 10.4 Å². The number of aliphatic carboxylic acids is 1. The van der Waals surface area contributed by atoms with Crippen molar-refractivity contribution >= 4 is 21.9 Å². The maximum Gasteiger partial charge on any atom is 0.310 e. The topological polar surface area (TPSA) is 109 Å². The third-order valence-electron chi connectivity index (χ3n) is 6.60. The van der Waals surface area contributed by atoms with Crippen molar-refractivity contribution in [2.45, 2.75) is 23.2 Å². The van der Waals surface area contributed by atoms with Gasteiger partial charge in [-0.3, -0.25) is 9.78 Å². The molecule has 2 aliphatic rings. The molecule has 1 fully saturated rings. The van der Waals surface area contributed by atoms with Crippen molar-refractivity contribution in [3.05, 3.63) is 88.2 Å². The number of halogens is 1. The molecule has 3 aromatic rings. The van der Waals surface area contributed by atoms with Crippen LogP contribution in [0, 0.1) is 5.92 Å². The van der Waals surface area contributed by atoms with Gasteiger partial charge in [0.05, 0.1) is 31.0 Å². The average molecular weight is 498 g/mol. The van der Waals surface area contributed by atoms with Gasteiger partial charge in [-0.2, -0.15) is 0 Å². The van der Waals surface area contributed by atoms with E-state index in [4.69, 9.17) is 9.47 Å². The number of methoxy groups -OCH3 is 1. The fraction of sp³-hybridized carbons (Fsp3) is 0.250. The molecule has 0 bridgehead atoms. The van der Waals surface area contributed by atoms with E-state index < -0.39 is 35.1 Å². The number of aromatic nitrogens is 1. The molecule has 3 N–H and O–H groups in total. The summed E-state index contributed by atoms with van der Waals surface area (Å²) in [5.41, 5.74) is -2.42. The van der Waals surface area contributed by atoms with Crippen molar-refractivity contribution in [2.24, 2.45) is 5.92 Å². The SMILES string of the molecule is COc1cncc2c1[C@]1(O)[C@H](O)[C@H](C(=O)O)[C@@H](c3ccccc3)C1(c1ccc(Br)cc1)O2. The van der Waals surface area contributed by atoms with E-state index in [1.54, 1.807) is 48.5 Å². The molecule has 1 unspecified atom stereocenters. The van der Waals surface area contributed by atoms with Gasteiger partial charge in [-0.1, -0.05) is 58.4 Å². The van der Waals surface area contributed by atoms with Gasteiger partial charge in [-0.05, 0) is 23.3 Å². The van der Waals surface area contributed by atoms with Crippen LogP contribution in [0.25, 0.3) is 0 Å². The Morgan fingerprint density at radius 3 is 2.44 bits per heavy atom. The summed E-state index contributed by atoms with van der Waals surface area (Å²) in [5.74, 6) is -3.06. The third-order valence-corrected chi connectivity index (χ3v) is 7.13. The predicted octanol–water partition coefficient (Wildman–Crippen LogP) is 3.19. The van der Waals surface area contributed by atoms with Crippen LogP contribution in [0.5, 0.6) is 11.5 Å². The van der Waals surface area contributed by atoms with E-state index in [1.807, 2.05) is 6.07 Å². The van der Waals surface area contributed by atoms with Crippen LogP contribution in [-0.2, 0) is 16.0 Å². The number of nitrogens with zero attached hydrogens (tertiary/aromatic N) is 1. The molecule has 1 aromatic heterocycles. The summed E-state index contributed by atoms with van der Waals surface area (Å²) in [7, 11) is 1.42. The number of ether oxygens (including phenoxy) is 2. The molecular weight excluding hydrogens is 478 g/mol. The molecule has 7 nitrogen and oxygen atoms in total. The van der Waals surface area contributed by atoms with Crippen LogP contribution >= 0.6 is 15.9 Å². The summed E-state index contributed by atoms with van der Waals surface area (Å²) in [5, 5.41) is 34.0. The van der Waals surface area contributed by atoms with E-state index in [0.29, 0.717) is 11.1 Å². The minimum Gasteiger partial charge on any atom is -0.495 e. The molecule has 164 valence electrons. The summed E-state index contributed by atoms with van der Waals surface area (Å²) in [6.07, 6.45) is 1.17. The fourth-order valence-electron chi connectivity index (χ4n) is 5.37. The lowest BCUT2D eigenvalue weighted by molar-refractivity contribution is -0.159. The molecule has 0 radical (unpaired) electrons. The van der Waals surface area contributed by atoms with Crippen molar-refractivity contribution in [1.82, 2.24) is 4.98 Å². The largest absolute Gasteiger partial charge is 0.495 e. The zero-order valence-corrected chi connectivity index (χ0v) is 18.6. The maximum atomic E-state index is 12.5. The van der Waals surface area contributed by atoms with Gasteiger partial charge in [-0.15, -0.1) is 0 Å². The third kappa shape index (κ3) is 2.54. The standard InChI is InChI=1S/C24H20BrNO6/c1-31-16-11-26-12-17-20(16)23(30)21(27)18(22(28)29)19(13-5-3-2-4-6-13)24(23,32-17)14-7-9-15(25)10-8-14/h2-12,18-19,21,27,30H,1H3,(H,28,29)/t18-,19-,21-,23+,24?/m1/s1. The Morgan fingerprint density at radius 1 is 1.12 bits per heavy atom. The first kappa shape index (κ1) is 20.9. The molecule has 8 heteroatoms.